The fourth-order valence-corrected chi connectivity index (χ4v) is 4.09. The molecular weight excluding hydrogens is 268 g/mol. The molecule has 0 radical (unpaired) electrons. The minimum atomic E-state index is -2.28. The first-order chi connectivity index (χ1) is 11.1. The summed E-state index contributed by atoms with van der Waals surface area (Å²) in [6.45, 7) is -1.68. The van der Waals surface area contributed by atoms with Gasteiger partial charge < -0.3 is 0 Å². The number of rotatable bonds is 0. The standard InChI is InChI=1S/C15H11N4S/c1-18-13-12-11(5-3-7-17-12)20-15(13)19-8-10-9(14(18)19)4-2-6-16-10/h2-7H,8H2,1H3/q+1/i1D3. The van der Waals surface area contributed by atoms with E-state index in [0.29, 0.717) is 17.9 Å². The average Bonchev–Trinajstić information content (AvgIpc) is 3.13. The fraction of sp³-hybridized carbons (Fsp3) is 0.133. The number of thiophene rings is 1. The van der Waals surface area contributed by atoms with Crippen LogP contribution < -0.4 is 4.57 Å². The highest BCUT2D eigenvalue weighted by Gasteiger charge is 2.35. The molecule has 0 fully saturated rings. The van der Waals surface area contributed by atoms with Crippen molar-refractivity contribution >= 4 is 31.9 Å². The predicted octanol–water partition coefficient (Wildman–Crippen LogP) is 2.50. The Bertz CT molecular complexity index is 1090. The summed E-state index contributed by atoms with van der Waals surface area (Å²) in [6, 6.07) is 7.63. The number of fused-ring (bicyclic) bond motifs is 7. The zero-order chi connectivity index (χ0) is 15.8. The maximum atomic E-state index is 8.03. The minimum absolute atomic E-state index is 0.595. The van der Waals surface area contributed by atoms with Crippen molar-refractivity contribution in [2.24, 2.45) is 6.98 Å². The monoisotopic (exact) mass is 282 g/mol. The molecule has 0 aliphatic carbocycles. The fourth-order valence-electron chi connectivity index (χ4n) is 2.94. The van der Waals surface area contributed by atoms with Crippen LogP contribution in [0.5, 0.6) is 0 Å². The molecule has 4 nitrogen and oxygen atoms in total. The normalized spacial score (nSPS) is 15.9. The molecule has 5 heterocycles. The van der Waals surface area contributed by atoms with Crippen molar-refractivity contribution in [3.8, 4) is 11.4 Å². The molecule has 1 aliphatic heterocycles. The van der Waals surface area contributed by atoms with Crippen LogP contribution in [0.1, 0.15) is 9.81 Å². The highest BCUT2D eigenvalue weighted by atomic mass is 32.1. The Morgan fingerprint density at radius 3 is 3.15 bits per heavy atom. The van der Waals surface area contributed by atoms with Crippen molar-refractivity contribution in [1.82, 2.24) is 14.5 Å². The molecular formula is C15H11N4S+. The maximum Gasteiger partial charge on any atom is 0.292 e. The molecule has 20 heavy (non-hydrogen) atoms. The maximum absolute atomic E-state index is 8.03. The zero-order valence-corrected chi connectivity index (χ0v) is 11.2. The Kier molecular flexibility index (Phi) is 1.39. The molecule has 0 spiro atoms. The van der Waals surface area contributed by atoms with Crippen LogP contribution in [-0.4, -0.2) is 14.5 Å². The van der Waals surface area contributed by atoms with Crippen molar-refractivity contribution in [2.45, 2.75) is 6.54 Å². The summed E-state index contributed by atoms with van der Waals surface area (Å²) >= 11 is 1.58. The quantitative estimate of drug-likeness (QED) is 0.409. The lowest BCUT2D eigenvalue weighted by molar-refractivity contribution is -0.644. The van der Waals surface area contributed by atoms with Crippen LogP contribution in [0.4, 0.5) is 0 Å². The van der Waals surface area contributed by atoms with E-state index in [1.807, 2.05) is 28.8 Å². The van der Waals surface area contributed by atoms with Gasteiger partial charge in [0.2, 0.25) is 10.3 Å². The molecule has 0 saturated carbocycles. The molecule has 0 amide bonds. The smallest absolute Gasteiger partial charge is 0.256 e. The number of imidazole rings is 1. The molecule has 5 heteroatoms. The summed E-state index contributed by atoms with van der Waals surface area (Å²) in [5.74, 6) is 0.696. The lowest BCUT2D eigenvalue weighted by atomic mass is 10.2. The minimum Gasteiger partial charge on any atom is -0.256 e. The highest BCUT2D eigenvalue weighted by molar-refractivity contribution is 7.25. The van der Waals surface area contributed by atoms with Crippen LogP contribution in [0.2, 0.25) is 0 Å². The van der Waals surface area contributed by atoms with Crippen molar-refractivity contribution in [3.63, 3.8) is 0 Å². The largest absolute Gasteiger partial charge is 0.292 e. The number of nitrogens with zero attached hydrogens (tertiary/aromatic N) is 4. The summed E-state index contributed by atoms with van der Waals surface area (Å²) in [5.41, 5.74) is 3.23. The van der Waals surface area contributed by atoms with Crippen LogP contribution in [0.15, 0.2) is 36.7 Å². The van der Waals surface area contributed by atoms with E-state index in [9.17, 15) is 0 Å². The molecule has 4 aromatic heterocycles. The Morgan fingerprint density at radius 2 is 2.20 bits per heavy atom. The van der Waals surface area contributed by atoms with E-state index < -0.39 is 6.98 Å². The predicted molar refractivity (Wildman–Crippen MR) is 78.6 cm³/mol. The van der Waals surface area contributed by atoms with Gasteiger partial charge in [0, 0.05) is 12.4 Å². The first-order valence-corrected chi connectivity index (χ1v) is 7.14. The first kappa shape index (κ1) is 8.11. The van der Waals surface area contributed by atoms with Gasteiger partial charge in [-0.15, -0.1) is 0 Å². The van der Waals surface area contributed by atoms with Gasteiger partial charge in [0.25, 0.3) is 5.82 Å². The number of hydrogen-bond acceptors (Lipinski definition) is 3. The van der Waals surface area contributed by atoms with E-state index >= 15 is 0 Å². The second-order valence-electron chi connectivity index (χ2n) is 4.85. The number of hydrogen-bond donors (Lipinski definition) is 0. The van der Waals surface area contributed by atoms with Gasteiger partial charge in [0.05, 0.1) is 27.0 Å². The molecule has 4 aromatic rings. The van der Waals surface area contributed by atoms with Gasteiger partial charge in [0.1, 0.15) is 12.1 Å². The van der Waals surface area contributed by atoms with Crippen LogP contribution in [0, 0.1) is 0 Å². The molecule has 1 aliphatic rings. The van der Waals surface area contributed by atoms with E-state index in [2.05, 4.69) is 9.97 Å². The van der Waals surface area contributed by atoms with Crippen molar-refractivity contribution < 1.29 is 8.68 Å². The molecule has 0 N–H and O–H groups in total. The summed E-state index contributed by atoms with van der Waals surface area (Å²) < 4.78 is 28.6. The van der Waals surface area contributed by atoms with E-state index in [1.54, 1.807) is 23.7 Å². The summed E-state index contributed by atoms with van der Waals surface area (Å²) in [6.07, 6.45) is 3.45. The Labute approximate surface area is 123 Å². The lowest BCUT2D eigenvalue weighted by Gasteiger charge is -1.94. The topological polar surface area (TPSA) is 34.6 Å². The lowest BCUT2D eigenvalue weighted by Crippen LogP contribution is -2.30. The Hall–Kier alpha value is -2.27. The van der Waals surface area contributed by atoms with Gasteiger partial charge in [-0.25, -0.2) is 9.13 Å². The van der Waals surface area contributed by atoms with Gasteiger partial charge in [-0.3, -0.25) is 9.97 Å². The SMILES string of the molecule is [2H]C([2H])([2H])n1c2[n+](c3sc4cccnc4c31)Cc1ncccc1-2. The van der Waals surface area contributed by atoms with Gasteiger partial charge in [-0.05, 0) is 24.3 Å². The zero-order valence-electron chi connectivity index (χ0n) is 13.4. The molecule has 0 saturated heterocycles. The molecule has 96 valence electrons. The van der Waals surface area contributed by atoms with Crippen LogP contribution >= 0.6 is 11.3 Å². The third kappa shape index (κ3) is 1.10. The van der Waals surface area contributed by atoms with E-state index in [0.717, 1.165) is 26.3 Å². The van der Waals surface area contributed by atoms with Gasteiger partial charge in [-0.1, -0.05) is 11.3 Å². The Morgan fingerprint density at radius 1 is 1.30 bits per heavy atom. The second-order valence-corrected chi connectivity index (χ2v) is 5.88. The van der Waals surface area contributed by atoms with Crippen molar-refractivity contribution in [3.05, 3.63) is 42.4 Å². The number of aryl methyl sites for hydroxylation is 1. The molecule has 0 atom stereocenters. The average molecular weight is 282 g/mol. The second kappa shape index (κ2) is 3.43. The third-order valence-corrected chi connectivity index (χ3v) is 4.94. The highest BCUT2D eigenvalue weighted by Crippen LogP contribution is 2.36. The third-order valence-electron chi connectivity index (χ3n) is 3.78. The van der Waals surface area contributed by atoms with Gasteiger partial charge in [0.15, 0.2) is 0 Å². The summed E-state index contributed by atoms with van der Waals surface area (Å²) in [5, 5.41) is 0. The van der Waals surface area contributed by atoms with Crippen LogP contribution in [-0.2, 0) is 13.5 Å². The van der Waals surface area contributed by atoms with Crippen molar-refractivity contribution in [1.29, 1.82) is 0 Å². The molecule has 0 bridgehead atoms. The van der Waals surface area contributed by atoms with E-state index in [-0.39, 0.29) is 0 Å². The number of pyridine rings is 2. The van der Waals surface area contributed by atoms with Crippen LogP contribution in [0.25, 0.3) is 32.0 Å². The number of aromatic nitrogens is 4. The Balaban J connectivity index is 2.01. The molecule has 0 unspecified atom stereocenters. The van der Waals surface area contributed by atoms with Gasteiger partial charge in [-0.2, -0.15) is 0 Å². The summed E-state index contributed by atoms with van der Waals surface area (Å²) in [7, 11) is 0. The molecule has 5 rings (SSSR count). The molecule has 0 aromatic carbocycles. The summed E-state index contributed by atoms with van der Waals surface area (Å²) in [4.78, 5) is 9.76. The first-order valence-electron chi connectivity index (χ1n) is 7.82. The van der Waals surface area contributed by atoms with E-state index in [1.165, 1.54) is 4.57 Å². The van der Waals surface area contributed by atoms with Crippen molar-refractivity contribution in [2.75, 3.05) is 0 Å². The van der Waals surface area contributed by atoms with Crippen LogP contribution in [0.3, 0.4) is 0 Å². The van der Waals surface area contributed by atoms with Gasteiger partial charge >= 0.3 is 0 Å². The van der Waals surface area contributed by atoms with E-state index in [4.69, 9.17) is 4.11 Å².